The summed E-state index contributed by atoms with van der Waals surface area (Å²) in [6, 6.07) is 74.6. The lowest BCUT2D eigenvalue weighted by atomic mass is 9.60. The minimum Gasteiger partial charge on any atom is -0.228 e. The van der Waals surface area contributed by atoms with Crippen molar-refractivity contribution in [3.05, 3.63) is 246 Å². The molecule has 2 aromatic heterocycles. The van der Waals surface area contributed by atoms with Gasteiger partial charge in [0, 0.05) is 45.2 Å². The molecule has 8 aromatic carbocycles. The molecule has 3 aliphatic rings. The highest BCUT2D eigenvalue weighted by molar-refractivity contribution is 5.84. The maximum atomic E-state index is 5.27. The lowest BCUT2D eigenvalue weighted by molar-refractivity contribution is 0.754. The molecule has 0 amide bonds. The minimum absolute atomic E-state index is 0.0535. The van der Waals surface area contributed by atoms with Crippen LogP contribution in [0, 0.1) is 0 Å². The quantitative estimate of drug-likeness (QED) is 0.161. The third kappa shape index (κ3) is 6.13. The van der Waals surface area contributed by atoms with Crippen LogP contribution in [0.5, 0.6) is 0 Å². The number of hydrogen-bond acceptors (Lipinski definition) is 5. The van der Waals surface area contributed by atoms with E-state index < -0.39 is 0 Å². The first-order valence-corrected chi connectivity index (χ1v) is 21.1. The smallest absolute Gasteiger partial charge is 0.164 e. The van der Waals surface area contributed by atoms with Crippen LogP contribution >= 0.6 is 0 Å². The average Bonchev–Trinajstić information content (AvgIpc) is 3.36. The van der Waals surface area contributed by atoms with Crippen molar-refractivity contribution in [2.24, 2.45) is 0 Å². The summed E-state index contributed by atoms with van der Waals surface area (Å²) in [6.45, 7) is 0. The van der Waals surface area contributed by atoms with Gasteiger partial charge in [-0.15, -0.1) is 0 Å². The molecule has 3 aliphatic carbocycles. The largest absolute Gasteiger partial charge is 0.228 e. The molecule has 0 spiro atoms. The summed E-state index contributed by atoms with van der Waals surface area (Å²) in [5.74, 6) is 2.79. The summed E-state index contributed by atoms with van der Waals surface area (Å²) >= 11 is 0. The summed E-state index contributed by atoms with van der Waals surface area (Å²) in [5, 5.41) is 0. The molecule has 2 heterocycles. The van der Waals surface area contributed by atoms with E-state index in [1.807, 2.05) is 54.6 Å². The topological polar surface area (TPSA) is 64.5 Å². The average molecular weight is 792 g/mol. The summed E-state index contributed by atoms with van der Waals surface area (Å²) < 4.78 is 0. The second kappa shape index (κ2) is 14.8. The van der Waals surface area contributed by atoms with Crippen LogP contribution in [-0.4, -0.2) is 24.9 Å². The van der Waals surface area contributed by atoms with Gasteiger partial charge in [-0.05, 0) is 62.7 Å². The molecule has 0 aliphatic heterocycles. The molecular weight excluding hydrogens is 755 g/mol. The maximum Gasteiger partial charge on any atom is 0.164 e. The fourth-order valence-corrected chi connectivity index (χ4v) is 9.48. The molecule has 2 bridgehead atoms. The number of hydrogen-bond donors (Lipinski definition) is 0. The number of rotatable bonds is 7. The minimum atomic E-state index is 0.0535. The van der Waals surface area contributed by atoms with Gasteiger partial charge in [0.05, 0.1) is 11.4 Å². The lowest BCUT2D eigenvalue weighted by Crippen LogP contribution is -2.27. The van der Waals surface area contributed by atoms with Crippen LogP contribution in [0.15, 0.2) is 212 Å². The van der Waals surface area contributed by atoms with Gasteiger partial charge in [-0.1, -0.05) is 194 Å². The Balaban J connectivity index is 0.993. The Labute approximate surface area is 360 Å². The van der Waals surface area contributed by atoms with Crippen molar-refractivity contribution < 1.29 is 0 Å². The van der Waals surface area contributed by atoms with Gasteiger partial charge in [0.25, 0.3) is 0 Å². The Morgan fingerprint density at radius 2 is 0.597 bits per heavy atom. The zero-order valence-electron chi connectivity index (χ0n) is 33.6. The zero-order valence-corrected chi connectivity index (χ0v) is 33.6. The van der Waals surface area contributed by atoms with Crippen molar-refractivity contribution in [3.8, 4) is 79.2 Å². The third-order valence-corrected chi connectivity index (χ3v) is 12.3. The first kappa shape index (κ1) is 35.8. The second-order valence-electron chi connectivity index (χ2n) is 16.0. The molecule has 5 heteroatoms. The van der Waals surface area contributed by atoms with E-state index in [1.54, 1.807) is 0 Å². The normalized spacial score (nSPS) is 14.5. The predicted octanol–water partition coefficient (Wildman–Crippen LogP) is 13.3. The fourth-order valence-electron chi connectivity index (χ4n) is 9.48. The van der Waals surface area contributed by atoms with Gasteiger partial charge in [-0.25, -0.2) is 24.9 Å². The van der Waals surface area contributed by atoms with E-state index in [4.69, 9.17) is 24.9 Å². The Morgan fingerprint density at radius 1 is 0.226 bits per heavy atom. The standard InChI is InChI=1S/C57H37N5/c1-5-17-36(18-6-1)42-25-13-14-26-43(42)51-35-50(58-54(59-51)37-19-7-2-8-20-37)40-29-31-46-48(33-40)52-44-27-15-16-28-45(44)53(46)49-34-41(30-32-47(49)52)57-61-55(38-21-9-3-10-22-38)60-56(62-57)39-23-11-4-12-24-39/h1-35,52-53H. The molecule has 0 saturated heterocycles. The van der Waals surface area contributed by atoms with Crippen molar-refractivity contribution in [2.75, 3.05) is 0 Å². The summed E-state index contributed by atoms with van der Waals surface area (Å²) in [5.41, 5.74) is 18.0. The van der Waals surface area contributed by atoms with Crippen LogP contribution in [0.2, 0.25) is 0 Å². The second-order valence-corrected chi connectivity index (χ2v) is 16.0. The van der Waals surface area contributed by atoms with Crippen LogP contribution < -0.4 is 0 Å². The fraction of sp³-hybridized carbons (Fsp3) is 0.0351. The molecule has 0 saturated carbocycles. The van der Waals surface area contributed by atoms with E-state index in [1.165, 1.54) is 33.4 Å². The van der Waals surface area contributed by atoms with Crippen molar-refractivity contribution >= 4 is 0 Å². The molecule has 0 radical (unpaired) electrons. The first-order valence-electron chi connectivity index (χ1n) is 21.1. The van der Waals surface area contributed by atoms with Crippen LogP contribution in [0.3, 0.4) is 0 Å². The van der Waals surface area contributed by atoms with E-state index in [0.717, 1.165) is 55.9 Å². The third-order valence-electron chi connectivity index (χ3n) is 12.3. The Kier molecular flexibility index (Phi) is 8.56. The molecule has 0 N–H and O–H groups in total. The highest BCUT2D eigenvalue weighted by atomic mass is 15.0. The van der Waals surface area contributed by atoms with E-state index in [-0.39, 0.29) is 11.8 Å². The SMILES string of the molecule is c1ccc(-c2nc(-c3ccc4c(c3)C3c5ccccc5C4c4cc(-c5nc(-c6ccccc6)nc(-c6ccccc6)n5)ccc43)cc(-c3ccccc3-c3ccccc3)n2)cc1. The molecule has 62 heavy (non-hydrogen) atoms. The Morgan fingerprint density at radius 3 is 1.13 bits per heavy atom. The number of benzene rings is 8. The molecule has 10 aromatic rings. The van der Waals surface area contributed by atoms with Gasteiger partial charge in [-0.3, -0.25) is 0 Å². The van der Waals surface area contributed by atoms with Crippen molar-refractivity contribution in [1.29, 1.82) is 0 Å². The van der Waals surface area contributed by atoms with Gasteiger partial charge in [0.1, 0.15) is 0 Å². The van der Waals surface area contributed by atoms with Gasteiger partial charge in [0.2, 0.25) is 0 Å². The molecule has 2 unspecified atom stereocenters. The molecule has 2 atom stereocenters. The molecule has 290 valence electrons. The van der Waals surface area contributed by atoms with Crippen molar-refractivity contribution in [3.63, 3.8) is 0 Å². The van der Waals surface area contributed by atoms with Crippen LogP contribution in [0.25, 0.3) is 79.2 Å². The lowest BCUT2D eigenvalue weighted by Gasteiger charge is -2.42. The van der Waals surface area contributed by atoms with E-state index in [2.05, 4.69) is 158 Å². The molecule has 13 rings (SSSR count). The zero-order chi connectivity index (χ0) is 41.0. The van der Waals surface area contributed by atoms with Gasteiger partial charge < -0.3 is 0 Å². The maximum absolute atomic E-state index is 5.27. The van der Waals surface area contributed by atoms with Crippen molar-refractivity contribution in [1.82, 2.24) is 24.9 Å². The molecule has 0 fully saturated rings. The van der Waals surface area contributed by atoms with E-state index in [9.17, 15) is 0 Å². The summed E-state index contributed by atoms with van der Waals surface area (Å²) in [6.07, 6.45) is 0. The first-order chi connectivity index (χ1) is 30.7. The van der Waals surface area contributed by atoms with E-state index in [0.29, 0.717) is 23.3 Å². The van der Waals surface area contributed by atoms with E-state index >= 15 is 0 Å². The highest BCUT2D eigenvalue weighted by Gasteiger charge is 2.41. The van der Waals surface area contributed by atoms with Crippen LogP contribution in [-0.2, 0) is 0 Å². The van der Waals surface area contributed by atoms with Crippen LogP contribution in [0.4, 0.5) is 0 Å². The summed E-state index contributed by atoms with van der Waals surface area (Å²) in [4.78, 5) is 25.6. The molecule has 5 nitrogen and oxygen atoms in total. The van der Waals surface area contributed by atoms with Gasteiger partial charge in [-0.2, -0.15) is 0 Å². The Bertz CT molecular complexity index is 3240. The van der Waals surface area contributed by atoms with Crippen molar-refractivity contribution in [2.45, 2.75) is 11.8 Å². The van der Waals surface area contributed by atoms with Crippen LogP contribution in [0.1, 0.15) is 45.2 Å². The van der Waals surface area contributed by atoms with Gasteiger partial charge in [0.15, 0.2) is 23.3 Å². The number of nitrogens with zero attached hydrogens (tertiary/aromatic N) is 5. The Hall–Kier alpha value is -8.15. The molecular formula is C57H37N5. The number of aromatic nitrogens is 5. The summed E-state index contributed by atoms with van der Waals surface area (Å²) in [7, 11) is 0. The monoisotopic (exact) mass is 791 g/mol. The highest BCUT2D eigenvalue weighted by Crippen LogP contribution is 2.56. The van der Waals surface area contributed by atoms with Gasteiger partial charge >= 0.3 is 0 Å². The predicted molar refractivity (Wildman–Crippen MR) is 248 cm³/mol.